The number of hydrogen-bond donors (Lipinski definition) is 1. The molecule has 4 heteroatoms. The topological polar surface area (TPSA) is 49.8 Å². The van der Waals surface area contributed by atoms with Crippen LogP contribution >= 0.6 is 0 Å². The first kappa shape index (κ1) is 13.0. The van der Waals surface area contributed by atoms with Gasteiger partial charge in [0, 0.05) is 20.2 Å². The minimum Gasteiger partial charge on any atom is -0.507 e. The van der Waals surface area contributed by atoms with Crippen molar-refractivity contribution in [1.82, 2.24) is 4.90 Å². The van der Waals surface area contributed by atoms with Crippen LogP contribution in [0.3, 0.4) is 0 Å². The van der Waals surface area contributed by atoms with Gasteiger partial charge < -0.3 is 14.7 Å². The van der Waals surface area contributed by atoms with Gasteiger partial charge in [0.1, 0.15) is 17.2 Å². The van der Waals surface area contributed by atoms with Crippen LogP contribution in [-0.2, 0) is 0 Å². The van der Waals surface area contributed by atoms with Crippen LogP contribution in [0.25, 0.3) is 0 Å². The number of phenols is 1. The van der Waals surface area contributed by atoms with Crippen molar-refractivity contribution in [2.75, 3.05) is 14.1 Å². The average Bonchev–Trinajstić information content (AvgIpc) is 2.39. The maximum Gasteiger partial charge on any atom is 0.257 e. The summed E-state index contributed by atoms with van der Waals surface area (Å²) in [6, 6.07) is 13.9. The first-order valence-electron chi connectivity index (χ1n) is 5.85. The van der Waals surface area contributed by atoms with E-state index in [1.54, 1.807) is 26.2 Å². The van der Waals surface area contributed by atoms with Crippen molar-refractivity contribution < 1.29 is 14.6 Å². The van der Waals surface area contributed by atoms with Crippen molar-refractivity contribution in [3.8, 4) is 17.2 Å². The van der Waals surface area contributed by atoms with Crippen LogP contribution in [0, 0.1) is 0 Å². The van der Waals surface area contributed by atoms with Crippen LogP contribution in [0.2, 0.25) is 0 Å². The van der Waals surface area contributed by atoms with E-state index >= 15 is 0 Å². The quantitative estimate of drug-likeness (QED) is 0.919. The molecule has 0 fully saturated rings. The second-order valence-electron chi connectivity index (χ2n) is 4.29. The zero-order chi connectivity index (χ0) is 13.8. The van der Waals surface area contributed by atoms with Crippen molar-refractivity contribution in [2.24, 2.45) is 0 Å². The number of hydrogen-bond acceptors (Lipinski definition) is 3. The normalized spacial score (nSPS) is 10.0. The Morgan fingerprint density at radius 2 is 1.74 bits per heavy atom. The van der Waals surface area contributed by atoms with Gasteiger partial charge in [0.15, 0.2) is 0 Å². The lowest BCUT2D eigenvalue weighted by atomic mass is 10.1. The second kappa shape index (κ2) is 5.44. The van der Waals surface area contributed by atoms with Gasteiger partial charge in [-0.1, -0.05) is 18.2 Å². The number of rotatable bonds is 3. The number of ether oxygens (including phenoxy) is 1. The number of para-hydroxylation sites is 1. The Morgan fingerprint density at radius 1 is 1.05 bits per heavy atom. The molecule has 0 radical (unpaired) electrons. The molecule has 0 aliphatic heterocycles. The third kappa shape index (κ3) is 3.04. The number of phenolic OH excluding ortho intramolecular Hbond substituents is 1. The van der Waals surface area contributed by atoms with Gasteiger partial charge in [0.25, 0.3) is 5.91 Å². The van der Waals surface area contributed by atoms with Crippen molar-refractivity contribution >= 4 is 5.91 Å². The van der Waals surface area contributed by atoms with Gasteiger partial charge in [-0.25, -0.2) is 0 Å². The molecule has 98 valence electrons. The molecular weight excluding hydrogens is 242 g/mol. The highest BCUT2D eigenvalue weighted by Gasteiger charge is 2.13. The van der Waals surface area contributed by atoms with E-state index in [9.17, 15) is 9.90 Å². The van der Waals surface area contributed by atoms with E-state index in [1.165, 1.54) is 11.0 Å². The lowest BCUT2D eigenvalue weighted by Gasteiger charge is -2.12. The summed E-state index contributed by atoms with van der Waals surface area (Å²) in [5, 5.41) is 9.86. The van der Waals surface area contributed by atoms with E-state index in [0.717, 1.165) is 0 Å². The SMILES string of the molecule is CN(C)C(=O)c1ccc(Oc2ccccc2)cc1O. The number of carbonyl (C=O) groups excluding carboxylic acids is 1. The summed E-state index contributed by atoms with van der Waals surface area (Å²) in [5.74, 6) is 0.823. The maximum atomic E-state index is 11.8. The zero-order valence-electron chi connectivity index (χ0n) is 10.8. The number of nitrogens with zero attached hydrogens (tertiary/aromatic N) is 1. The van der Waals surface area contributed by atoms with Gasteiger partial charge in [-0.05, 0) is 24.3 Å². The number of carbonyl (C=O) groups is 1. The van der Waals surface area contributed by atoms with E-state index in [4.69, 9.17) is 4.74 Å². The molecule has 0 aromatic heterocycles. The van der Waals surface area contributed by atoms with E-state index in [1.807, 2.05) is 30.3 Å². The lowest BCUT2D eigenvalue weighted by molar-refractivity contribution is 0.0824. The Balaban J connectivity index is 2.22. The highest BCUT2D eigenvalue weighted by molar-refractivity contribution is 5.96. The number of amides is 1. The molecule has 2 aromatic rings. The van der Waals surface area contributed by atoms with Gasteiger partial charge in [0.05, 0.1) is 5.56 Å². The fourth-order valence-electron chi connectivity index (χ4n) is 1.62. The van der Waals surface area contributed by atoms with Crippen LogP contribution in [-0.4, -0.2) is 30.0 Å². The second-order valence-corrected chi connectivity index (χ2v) is 4.29. The van der Waals surface area contributed by atoms with Crippen molar-refractivity contribution in [3.05, 3.63) is 54.1 Å². The predicted octanol–water partition coefficient (Wildman–Crippen LogP) is 2.89. The van der Waals surface area contributed by atoms with Gasteiger partial charge in [-0.3, -0.25) is 4.79 Å². The standard InChI is InChI=1S/C15H15NO3/c1-16(2)15(18)13-9-8-12(10-14(13)17)19-11-6-4-3-5-7-11/h3-10,17H,1-2H3. The minimum absolute atomic E-state index is 0.0906. The highest BCUT2D eigenvalue weighted by Crippen LogP contribution is 2.27. The van der Waals surface area contributed by atoms with Crippen LogP contribution in [0.4, 0.5) is 0 Å². The molecule has 2 aromatic carbocycles. The molecule has 4 nitrogen and oxygen atoms in total. The first-order valence-corrected chi connectivity index (χ1v) is 5.85. The molecule has 2 rings (SSSR count). The largest absolute Gasteiger partial charge is 0.507 e. The van der Waals surface area contributed by atoms with Crippen LogP contribution in [0.5, 0.6) is 17.2 Å². The van der Waals surface area contributed by atoms with Gasteiger partial charge in [0.2, 0.25) is 0 Å². The molecule has 0 aliphatic rings. The molecule has 0 bridgehead atoms. The summed E-state index contributed by atoms with van der Waals surface area (Å²) in [4.78, 5) is 13.2. The van der Waals surface area contributed by atoms with Crippen molar-refractivity contribution in [1.29, 1.82) is 0 Å². The van der Waals surface area contributed by atoms with Crippen molar-refractivity contribution in [2.45, 2.75) is 0 Å². The third-order valence-corrected chi connectivity index (χ3v) is 2.58. The molecule has 0 atom stereocenters. The Bertz CT molecular complexity index is 579. The Kier molecular flexibility index (Phi) is 3.71. The fourth-order valence-corrected chi connectivity index (χ4v) is 1.62. The van der Waals surface area contributed by atoms with Crippen LogP contribution in [0.15, 0.2) is 48.5 Å². The Hall–Kier alpha value is -2.49. The number of aromatic hydroxyl groups is 1. The van der Waals surface area contributed by atoms with Gasteiger partial charge >= 0.3 is 0 Å². The highest BCUT2D eigenvalue weighted by atomic mass is 16.5. The summed E-state index contributed by atoms with van der Waals surface area (Å²) < 4.78 is 5.57. The lowest BCUT2D eigenvalue weighted by Crippen LogP contribution is -2.21. The summed E-state index contributed by atoms with van der Waals surface area (Å²) in [6.07, 6.45) is 0. The molecular formula is C15H15NO3. The summed E-state index contributed by atoms with van der Waals surface area (Å²) in [7, 11) is 3.27. The van der Waals surface area contributed by atoms with Crippen molar-refractivity contribution in [3.63, 3.8) is 0 Å². The molecule has 0 saturated carbocycles. The van der Waals surface area contributed by atoms with E-state index in [-0.39, 0.29) is 17.2 Å². The molecule has 0 aliphatic carbocycles. The zero-order valence-corrected chi connectivity index (χ0v) is 10.8. The molecule has 1 amide bonds. The monoisotopic (exact) mass is 257 g/mol. The predicted molar refractivity (Wildman–Crippen MR) is 72.6 cm³/mol. The van der Waals surface area contributed by atoms with Gasteiger partial charge in [-0.15, -0.1) is 0 Å². The molecule has 19 heavy (non-hydrogen) atoms. The van der Waals surface area contributed by atoms with Gasteiger partial charge in [-0.2, -0.15) is 0 Å². The molecule has 0 saturated heterocycles. The maximum absolute atomic E-state index is 11.8. The summed E-state index contributed by atoms with van der Waals surface area (Å²) in [5.41, 5.74) is 0.255. The van der Waals surface area contributed by atoms with E-state index < -0.39 is 0 Å². The number of benzene rings is 2. The smallest absolute Gasteiger partial charge is 0.257 e. The Labute approximate surface area is 111 Å². The minimum atomic E-state index is -0.247. The van der Waals surface area contributed by atoms with Crippen LogP contribution in [0.1, 0.15) is 10.4 Å². The third-order valence-electron chi connectivity index (χ3n) is 2.58. The average molecular weight is 257 g/mol. The first-order chi connectivity index (χ1) is 9.08. The molecule has 1 N–H and O–H groups in total. The molecule has 0 unspecified atom stereocenters. The fraction of sp³-hybridized carbons (Fsp3) is 0.133. The van der Waals surface area contributed by atoms with Crippen LogP contribution < -0.4 is 4.74 Å². The molecule has 0 heterocycles. The van der Waals surface area contributed by atoms with E-state index in [0.29, 0.717) is 11.5 Å². The summed E-state index contributed by atoms with van der Waals surface area (Å²) in [6.45, 7) is 0. The molecule has 0 spiro atoms. The van der Waals surface area contributed by atoms with E-state index in [2.05, 4.69) is 0 Å². The summed E-state index contributed by atoms with van der Waals surface area (Å²) >= 11 is 0. The Morgan fingerprint density at radius 3 is 2.32 bits per heavy atom.